The zero-order valence-corrected chi connectivity index (χ0v) is 23.0. The average molecular weight is 573 g/mol. The van der Waals surface area contributed by atoms with Crippen molar-refractivity contribution in [3.8, 4) is 5.75 Å². The van der Waals surface area contributed by atoms with Crippen LogP contribution in [0.25, 0.3) is 0 Å². The van der Waals surface area contributed by atoms with Crippen molar-refractivity contribution in [3.63, 3.8) is 0 Å². The Balaban J connectivity index is 1.64. The molecule has 1 heterocycles. The lowest BCUT2D eigenvalue weighted by Crippen LogP contribution is -2.50. The average Bonchev–Trinajstić information content (AvgIpc) is 2.90. The van der Waals surface area contributed by atoms with Gasteiger partial charge >= 0.3 is 5.97 Å². The molecule has 2 aliphatic rings. The van der Waals surface area contributed by atoms with E-state index in [0.717, 1.165) is 32.1 Å². The Morgan fingerprint density at radius 3 is 2.05 bits per heavy atom. The number of amides is 2. The van der Waals surface area contributed by atoms with E-state index in [1.165, 1.54) is 0 Å². The topological polar surface area (TPSA) is 102 Å². The third-order valence-electron chi connectivity index (χ3n) is 7.06. The monoisotopic (exact) mass is 572 g/mol. The zero-order chi connectivity index (χ0) is 29.6. The Kier molecular flexibility index (Phi) is 10.5. The number of piperidine rings is 1. The van der Waals surface area contributed by atoms with Crippen LogP contribution in [0.5, 0.6) is 5.75 Å². The van der Waals surface area contributed by atoms with Gasteiger partial charge in [0.1, 0.15) is 18.2 Å². The predicted octanol–water partition coefficient (Wildman–Crippen LogP) is 4.23. The summed E-state index contributed by atoms with van der Waals surface area (Å²) in [6, 6.07) is -1.49. The first-order valence-electron chi connectivity index (χ1n) is 13.6. The van der Waals surface area contributed by atoms with Gasteiger partial charge in [-0.25, -0.2) is 8.78 Å². The van der Waals surface area contributed by atoms with Gasteiger partial charge in [-0.3, -0.25) is 19.2 Å². The molecule has 40 heavy (non-hydrogen) atoms. The number of nitrogens with zero attached hydrogens (tertiary/aromatic N) is 1. The summed E-state index contributed by atoms with van der Waals surface area (Å²) in [5.41, 5.74) is -0.895. The second-order valence-electron chi connectivity index (χ2n) is 11.3. The number of rotatable bonds is 9. The van der Waals surface area contributed by atoms with Crippen LogP contribution in [0.1, 0.15) is 72.1 Å². The first-order valence-corrected chi connectivity index (χ1v) is 13.6. The van der Waals surface area contributed by atoms with Gasteiger partial charge in [0.25, 0.3) is 0 Å². The molecule has 222 valence electrons. The molecule has 8 nitrogen and oxygen atoms in total. The van der Waals surface area contributed by atoms with Crippen LogP contribution in [0.2, 0.25) is 0 Å². The number of nitrogens with one attached hydrogen (secondary N) is 1. The fourth-order valence-electron chi connectivity index (χ4n) is 4.98. The molecule has 1 N–H and O–H groups in total. The molecule has 1 aliphatic carbocycles. The minimum absolute atomic E-state index is 0.00108. The van der Waals surface area contributed by atoms with Crippen molar-refractivity contribution in [2.24, 2.45) is 11.8 Å². The molecule has 3 rings (SSSR count). The van der Waals surface area contributed by atoms with Gasteiger partial charge in [0.15, 0.2) is 23.2 Å². The Morgan fingerprint density at radius 2 is 1.50 bits per heavy atom. The molecule has 0 aromatic heterocycles. The molecule has 1 aromatic rings. The lowest BCUT2D eigenvalue weighted by Gasteiger charge is -2.35. The fourth-order valence-corrected chi connectivity index (χ4v) is 4.98. The Morgan fingerprint density at radius 1 is 0.925 bits per heavy atom. The lowest BCUT2D eigenvalue weighted by atomic mass is 9.87. The quantitative estimate of drug-likeness (QED) is 0.270. The van der Waals surface area contributed by atoms with Gasteiger partial charge in [-0.05, 0) is 46.5 Å². The van der Waals surface area contributed by atoms with E-state index in [1.807, 2.05) is 0 Å². The molecule has 1 saturated heterocycles. The molecule has 0 bridgehead atoms. The smallest absolute Gasteiger partial charge is 0.308 e. The maximum Gasteiger partial charge on any atom is 0.308 e. The normalized spacial score (nSPS) is 17.7. The predicted molar refractivity (Wildman–Crippen MR) is 135 cm³/mol. The number of likely N-dealkylation sites (tertiary alicyclic amines) is 1. The lowest BCUT2D eigenvalue weighted by molar-refractivity contribution is -0.156. The summed E-state index contributed by atoms with van der Waals surface area (Å²) < 4.78 is 64.9. The molecule has 1 atom stereocenters. The highest BCUT2D eigenvalue weighted by Gasteiger charge is 2.34. The van der Waals surface area contributed by atoms with Gasteiger partial charge in [-0.15, -0.1) is 0 Å². The van der Waals surface area contributed by atoms with E-state index < -0.39 is 77.3 Å². The van der Waals surface area contributed by atoms with Crippen molar-refractivity contribution in [1.29, 1.82) is 0 Å². The Bertz CT molecular complexity index is 1080. The van der Waals surface area contributed by atoms with E-state index in [0.29, 0.717) is 25.9 Å². The van der Waals surface area contributed by atoms with Crippen LogP contribution in [-0.4, -0.2) is 59.8 Å². The van der Waals surface area contributed by atoms with Gasteiger partial charge < -0.3 is 19.7 Å². The van der Waals surface area contributed by atoms with E-state index >= 15 is 0 Å². The molecule has 0 unspecified atom stereocenters. The molecular weight excluding hydrogens is 536 g/mol. The molecule has 12 heteroatoms. The van der Waals surface area contributed by atoms with Crippen LogP contribution >= 0.6 is 0 Å². The Hall–Kier alpha value is -3.18. The summed E-state index contributed by atoms with van der Waals surface area (Å²) in [5.74, 6) is -11.3. The largest absolute Gasteiger partial charge is 0.479 e. The third-order valence-corrected chi connectivity index (χ3v) is 7.06. The number of carbonyl (C=O) groups is 4. The molecule has 1 saturated carbocycles. The van der Waals surface area contributed by atoms with Crippen molar-refractivity contribution in [2.45, 2.75) is 83.8 Å². The highest BCUT2D eigenvalue weighted by molar-refractivity contribution is 5.93. The summed E-state index contributed by atoms with van der Waals surface area (Å²) in [6.45, 7) is 4.50. The molecule has 2 fully saturated rings. The SMILES string of the molecule is CC(C)(C)OC(=O)C[C@H](NC(=O)C1CCN(C(=O)C2CCCCC2)CC1)C(=O)COc1c(F)c(F)cc(F)c1F. The van der Waals surface area contributed by atoms with Gasteiger partial charge in [0, 0.05) is 31.0 Å². The number of ether oxygens (including phenoxy) is 2. The molecule has 0 radical (unpaired) electrons. The van der Waals surface area contributed by atoms with Gasteiger partial charge in [0.2, 0.25) is 23.4 Å². The third kappa shape index (κ3) is 8.41. The van der Waals surface area contributed by atoms with E-state index in [9.17, 15) is 36.7 Å². The van der Waals surface area contributed by atoms with Gasteiger partial charge in [-0.1, -0.05) is 19.3 Å². The standard InChI is InChI=1S/C28H36F4N2O6/c1-28(2,3)40-22(36)14-20(21(35)15-39-25-23(31)18(29)13-19(30)24(25)32)33-26(37)16-9-11-34(12-10-16)27(38)17-7-5-4-6-8-17/h13,16-17,20H,4-12,14-15H2,1-3H3,(H,33,37)/t20-/m0/s1. The van der Waals surface area contributed by atoms with Crippen LogP contribution < -0.4 is 10.1 Å². The number of hydrogen-bond donors (Lipinski definition) is 1. The summed E-state index contributed by atoms with van der Waals surface area (Å²) in [4.78, 5) is 53.0. The Labute approximate surface area is 230 Å². The minimum Gasteiger partial charge on any atom is -0.479 e. The van der Waals surface area contributed by atoms with Crippen LogP contribution in [0.15, 0.2) is 6.07 Å². The fraction of sp³-hybridized carbons (Fsp3) is 0.643. The summed E-state index contributed by atoms with van der Waals surface area (Å²) in [7, 11) is 0. The van der Waals surface area contributed by atoms with E-state index in [4.69, 9.17) is 9.47 Å². The molecule has 1 aliphatic heterocycles. The highest BCUT2D eigenvalue weighted by Crippen LogP contribution is 2.28. The molecule has 1 aromatic carbocycles. The second-order valence-corrected chi connectivity index (χ2v) is 11.3. The first-order chi connectivity index (χ1) is 18.8. The van der Waals surface area contributed by atoms with Gasteiger partial charge in [0.05, 0.1) is 6.42 Å². The first kappa shape index (κ1) is 31.3. The number of ketones is 1. The van der Waals surface area contributed by atoms with Gasteiger partial charge in [-0.2, -0.15) is 8.78 Å². The molecular formula is C28H36F4N2O6. The van der Waals surface area contributed by atoms with Crippen LogP contribution in [0.4, 0.5) is 17.6 Å². The van der Waals surface area contributed by atoms with Crippen LogP contribution in [-0.2, 0) is 23.9 Å². The van der Waals surface area contributed by atoms with Crippen molar-refractivity contribution in [1.82, 2.24) is 10.2 Å². The highest BCUT2D eigenvalue weighted by atomic mass is 19.2. The maximum absolute atomic E-state index is 14.0. The molecule has 0 spiro atoms. The van der Waals surface area contributed by atoms with Crippen molar-refractivity contribution < 1.29 is 46.2 Å². The second kappa shape index (κ2) is 13.5. The zero-order valence-electron chi connectivity index (χ0n) is 23.0. The van der Waals surface area contributed by atoms with Crippen molar-refractivity contribution >= 4 is 23.6 Å². The van der Waals surface area contributed by atoms with Crippen molar-refractivity contribution in [2.75, 3.05) is 19.7 Å². The van der Waals surface area contributed by atoms with E-state index in [-0.39, 0.29) is 17.9 Å². The van der Waals surface area contributed by atoms with Crippen LogP contribution in [0.3, 0.4) is 0 Å². The van der Waals surface area contributed by atoms with E-state index in [1.54, 1.807) is 25.7 Å². The summed E-state index contributed by atoms with van der Waals surface area (Å²) in [6.07, 6.45) is 5.02. The van der Waals surface area contributed by atoms with E-state index in [2.05, 4.69) is 5.32 Å². The maximum atomic E-state index is 14.0. The number of halogens is 4. The van der Waals surface area contributed by atoms with Crippen molar-refractivity contribution in [3.05, 3.63) is 29.3 Å². The minimum atomic E-state index is -1.83. The number of carbonyl (C=O) groups excluding carboxylic acids is 4. The number of benzene rings is 1. The number of hydrogen-bond acceptors (Lipinski definition) is 6. The summed E-state index contributed by atoms with van der Waals surface area (Å²) >= 11 is 0. The van der Waals surface area contributed by atoms with Crippen LogP contribution in [0, 0.1) is 35.1 Å². The number of Topliss-reactive ketones (excluding diaryl/α,β-unsaturated/α-hetero) is 1. The summed E-state index contributed by atoms with van der Waals surface area (Å²) in [5, 5.41) is 2.49. The molecule has 2 amide bonds. The number of esters is 1.